The number of unbranched alkanes of at least 4 members (excludes halogenated alkanes) is 2. The van der Waals surface area contributed by atoms with E-state index in [4.69, 9.17) is 0 Å². The number of hydrogen-bond donors (Lipinski definition) is 1. The first-order chi connectivity index (χ1) is 7.58. The Morgan fingerprint density at radius 1 is 1.06 bits per heavy atom. The van der Waals surface area contributed by atoms with E-state index in [2.05, 4.69) is 60.4 Å². The Morgan fingerprint density at radius 2 is 1.59 bits per heavy atom. The lowest BCUT2D eigenvalue weighted by Crippen LogP contribution is -2.46. The minimum Gasteiger partial charge on any atom is -0.306 e. The van der Waals surface area contributed by atoms with Crippen molar-refractivity contribution in [3.8, 4) is 0 Å². The third kappa shape index (κ3) is 7.59. The van der Waals surface area contributed by atoms with Crippen LogP contribution < -0.4 is 5.32 Å². The molecule has 0 aromatic heterocycles. The summed E-state index contributed by atoms with van der Waals surface area (Å²) in [6.45, 7) is 20.0. The van der Waals surface area contributed by atoms with Crippen LogP contribution in [0, 0.1) is 5.41 Å². The van der Waals surface area contributed by atoms with Crippen LogP contribution in [0.15, 0.2) is 12.2 Å². The van der Waals surface area contributed by atoms with Crippen LogP contribution in [0.1, 0.15) is 74.1 Å². The van der Waals surface area contributed by atoms with Crippen molar-refractivity contribution in [1.29, 1.82) is 0 Å². The Balaban J connectivity index is 4.56. The average molecular weight is 239 g/mol. The van der Waals surface area contributed by atoms with Gasteiger partial charge in [-0.3, -0.25) is 0 Å². The van der Waals surface area contributed by atoms with Crippen LogP contribution in [0.5, 0.6) is 0 Å². The topological polar surface area (TPSA) is 12.0 Å². The summed E-state index contributed by atoms with van der Waals surface area (Å²) in [4.78, 5) is 0. The average Bonchev–Trinajstić information content (AvgIpc) is 2.12. The second kappa shape index (κ2) is 6.58. The van der Waals surface area contributed by atoms with Gasteiger partial charge < -0.3 is 5.32 Å². The fourth-order valence-electron chi connectivity index (χ4n) is 1.98. The summed E-state index contributed by atoms with van der Waals surface area (Å²) in [5.74, 6) is 0. The molecule has 1 atom stereocenters. The molecule has 0 saturated heterocycles. The van der Waals surface area contributed by atoms with Crippen LogP contribution in [0.25, 0.3) is 0 Å². The van der Waals surface area contributed by atoms with E-state index in [1.54, 1.807) is 0 Å². The van der Waals surface area contributed by atoms with Crippen LogP contribution in [0.4, 0.5) is 0 Å². The highest BCUT2D eigenvalue weighted by Gasteiger charge is 2.26. The highest BCUT2D eigenvalue weighted by atomic mass is 15.0. The Bertz CT molecular complexity index is 227. The molecule has 0 fully saturated rings. The zero-order chi connectivity index (χ0) is 13.7. The molecule has 102 valence electrons. The van der Waals surface area contributed by atoms with Gasteiger partial charge in [0.2, 0.25) is 0 Å². The normalized spacial score (nSPS) is 14.8. The van der Waals surface area contributed by atoms with E-state index in [1.807, 2.05) is 0 Å². The Morgan fingerprint density at radius 3 is 1.94 bits per heavy atom. The second-order valence-corrected chi connectivity index (χ2v) is 7.22. The molecule has 0 spiro atoms. The van der Waals surface area contributed by atoms with Crippen molar-refractivity contribution >= 4 is 0 Å². The maximum Gasteiger partial charge on any atom is 0.0286 e. The second-order valence-electron chi connectivity index (χ2n) is 7.22. The fraction of sp³-hybridized carbons (Fsp3) is 0.875. The van der Waals surface area contributed by atoms with Crippen molar-refractivity contribution in [2.45, 2.75) is 85.7 Å². The monoisotopic (exact) mass is 239 g/mol. The molecule has 1 N–H and O–H groups in total. The molecule has 17 heavy (non-hydrogen) atoms. The lowest BCUT2D eigenvalue weighted by atomic mass is 9.80. The van der Waals surface area contributed by atoms with Crippen molar-refractivity contribution in [3.05, 3.63) is 12.2 Å². The van der Waals surface area contributed by atoms with Crippen molar-refractivity contribution < 1.29 is 0 Å². The quantitative estimate of drug-likeness (QED) is 0.512. The van der Waals surface area contributed by atoms with Crippen molar-refractivity contribution in [2.75, 3.05) is 0 Å². The molecule has 0 aliphatic rings. The predicted molar refractivity (Wildman–Crippen MR) is 79.4 cm³/mol. The standard InChI is InChI=1S/C16H33N/c1-9-10-11-12-14(17-16(6,7)8)13(2)15(3,4)5/h14,17H,2,9-12H2,1,3-8H3. The maximum atomic E-state index is 4.33. The van der Waals surface area contributed by atoms with Crippen LogP contribution in [-0.4, -0.2) is 11.6 Å². The molecule has 0 aliphatic carbocycles. The largest absolute Gasteiger partial charge is 0.306 e. The molecular formula is C16H33N. The molecule has 0 radical (unpaired) electrons. The van der Waals surface area contributed by atoms with E-state index in [1.165, 1.54) is 31.3 Å². The fourth-order valence-corrected chi connectivity index (χ4v) is 1.98. The van der Waals surface area contributed by atoms with Crippen LogP contribution >= 0.6 is 0 Å². The Hall–Kier alpha value is -0.300. The van der Waals surface area contributed by atoms with Crippen molar-refractivity contribution in [2.24, 2.45) is 5.41 Å². The highest BCUT2D eigenvalue weighted by Crippen LogP contribution is 2.29. The minimum atomic E-state index is 0.158. The number of rotatable bonds is 6. The summed E-state index contributed by atoms with van der Waals surface area (Å²) in [6, 6.07) is 0.446. The van der Waals surface area contributed by atoms with Crippen LogP contribution in [0.3, 0.4) is 0 Å². The SMILES string of the molecule is C=C(C(CCCCC)NC(C)(C)C)C(C)(C)C. The van der Waals surface area contributed by atoms with Crippen LogP contribution in [-0.2, 0) is 0 Å². The molecule has 0 rings (SSSR count). The van der Waals surface area contributed by atoms with Crippen LogP contribution in [0.2, 0.25) is 0 Å². The van der Waals surface area contributed by atoms with E-state index in [0.717, 1.165) is 0 Å². The van der Waals surface area contributed by atoms with E-state index in [-0.39, 0.29) is 11.0 Å². The van der Waals surface area contributed by atoms with Gasteiger partial charge in [0.05, 0.1) is 0 Å². The first-order valence-electron chi connectivity index (χ1n) is 7.05. The Kier molecular flexibility index (Phi) is 6.47. The minimum absolute atomic E-state index is 0.158. The maximum absolute atomic E-state index is 4.33. The van der Waals surface area contributed by atoms with Gasteiger partial charge in [0, 0.05) is 11.6 Å². The van der Waals surface area contributed by atoms with Gasteiger partial charge in [-0.1, -0.05) is 59.1 Å². The molecule has 0 aromatic carbocycles. The Labute approximate surface area is 109 Å². The van der Waals surface area contributed by atoms with Gasteiger partial charge in [-0.15, -0.1) is 0 Å². The van der Waals surface area contributed by atoms with Gasteiger partial charge in [-0.05, 0) is 32.6 Å². The van der Waals surface area contributed by atoms with Gasteiger partial charge in [0.25, 0.3) is 0 Å². The van der Waals surface area contributed by atoms with Gasteiger partial charge in [0.1, 0.15) is 0 Å². The van der Waals surface area contributed by atoms with Gasteiger partial charge in [-0.2, -0.15) is 0 Å². The molecule has 0 saturated carbocycles. The summed E-state index contributed by atoms with van der Waals surface area (Å²) in [6.07, 6.45) is 5.10. The predicted octanol–water partition coefficient (Wildman–Crippen LogP) is 4.93. The lowest BCUT2D eigenvalue weighted by molar-refractivity contribution is 0.328. The third-order valence-corrected chi connectivity index (χ3v) is 3.09. The number of hydrogen-bond acceptors (Lipinski definition) is 1. The molecule has 0 aliphatic heterocycles. The summed E-state index contributed by atoms with van der Waals surface area (Å²) < 4.78 is 0. The van der Waals surface area contributed by atoms with Gasteiger partial charge in [0.15, 0.2) is 0 Å². The molecule has 0 bridgehead atoms. The zero-order valence-electron chi connectivity index (χ0n) is 13.1. The first kappa shape index (κ1) is 16.7. The first-order valence-corrected chi connectivity index (χ1v) is 7.05. The van der Waals surface area contributed by atoms with Crippen molar-refractivity contribution in [3.63, 3.8) is 0 Å². The van der Waals surface area contributed by atoms with Gasteiger partial charge in [-0.25, -0.2) is 0 Å². The van der Waals surface area contributed by atoms with E-state index >= 15 is 0 Å². The summed E-state index contributed by atoms with van der Waals surface area (Å²) >= 11 is 0. The van der Waals surface area contributed by atoms with Gasteiger partial charge >= 0.3 is 0 Å². The smallest absolute Gasteiger partial charge is 0.0286 e. The van der Waals surface area contributed by atoms with E-state index in [0.29, 0.717) is 6.04 Å². The summed E-state index contributed by atoms with van der Waals surface area (Å²) in [5, 5.41) is 3.72. The van der Waals surface area contributed by atoms with E-state index < -0.39 is 0 Å². The summed E-state index contributed by atoms with van der Waals surface area (Å²) in [7, 11) is 0. The molecule has 0 aromatic rings. The molecule has 0 amide bonds. The molecule has 1 unspecified atom stereocenters. The third-order valence-electron chi connectivity index (χ3n) is 3.09. The highest BCUT2D eigenvalue weighted by molar-refractivity contribution is 5.14. The molecular weight excluding hydrogens is 206 g/mol. The summed E-state index contributed by atoms with van der Waals surface area (Å²) in [5.41, 5.74) is 1.68. The molecule has 0 heterocycles. The molecule has 1 heteroatoms. The zero-order valence-corrected chi connectivity index (χ0v) is 13.1. The number of nitrogens with one attached hydrogen (secondary N) is 1. The lowest BCUT2D eigenvalue weighted by Gasteiger charge is -2.35. The van der Waals surface area contributed by atoms with Crippen molar-refractivity contribution in [1.82, 2.24) is 5.32 Å². The van der Waals surface area contributed by atoms with E-state index in [9.17, 15) is 0 Å². The molecule has 1 nitrogen and oxygen atoms in total.